The molecule has 0 unspecified atom stereocenters. The molecule has 4 rings (SSSR count). The summed E-state index contributed by atoms with van der Waals surface area (Å²) in [5.74, 6) is -0.760. The molecule has 0 aromatic heterocycles. The number of amides is 4. The van der Waals surface area contributed by atoms with Gasteiger partial charge in [-0.05, 0) is 78.6 Å². The number of aryl methyl sites for hydroxylation is 2. The molecule has 0 spiro atoms. The van der Waals surface area contributed by atoms with E-state index in [0.717, 1.165) is 21.6 Å². The van der Waals surface area contributed by atoms with E-state index in [1.807, 2.05) is 32.0 Å². The van der Waals surface area contributed by atoms with E-state index in [2.05, 4.69) is 5.32 Å². The van der Waals surface area contributed by atoms with Crippen molar-refractivity contribution < 1.29 is 19.1 Å². The summed E-state index contributed by atoms with van der Waals surface area (Å²) in [6.45, 7) is 4.13. The topological polar surface area (TPSA) is 75.7 Å². The average molecular weight is 461 g/mol. The molecule has 1 aliphatic rings. The lowest BCUT2D eigenvalue weighted by molar-refractivity contribution is -0.122. The highest BCUT2D eigenvalue weighted by Gasteiger charge is 2.36. The third-order valence-electron chi connectivity index (χ3n) is 5.08. The summed E-state index contributed by atoms with van der Waals surface area (Å²) in [4.78, 5) is 38.9. The van der Waals surface area contributed by atoms with Gasteiger partial charge in [-0.15, -0.1) is 0 Å². The molecule has 0 bridgehead atoms. The van der Waals surface area contributed by atoms with Crippen molar-refractivity contribution in [2.75, 3.05) is 4.90 Å². The second kappa shape index (κ2) is 9.30. The molecule has 1 aliphatic heterocycles. The maximum atomic E-state index is 13.1. The maximum Gasteiger partial charge on any atom is 0.335 e. The van der Waals surface area contributed by atoms with Gasteiger partial charge in [0.2, 0.25) is 0 Å². The van der Waals surface area contributed by atoms with Crippen LogP contribution >= 0.6 is 11.6 Å². The minimum absolute atomic E-state index is 0.122. The summed E-state index contributed by atoms with van der Waals surface area (Å²) < 4.78 is 5.77. The Labute approximate surface area is 196 Å². The molecule has 1 saturated heterocycles. The van der Waals surface area contributed by atoms with Gasteiger partial charge in [0, 0.05) is 5.02 Å². The van der Waals surface area contributed by atoms with Crippen molar-refractivity contribution in [1.82, 2.24) is 5.32 Å². The van der Waals surface area contributed by atoms with Crippen LogP contribution in [-0.2, 0) is 16.2 Å². The van der Waals surface area contributed by atoms with Crippen LogP contribution < -0.4 is 15.0 Å². The SMILES string of the molecule is Cc1cc(C)cc(N2C(=O)NC(=O)/C(=C\c3ccc(OCc4ccc(Cl)cc4)cc3)C2=O)c1. The number of hydrogen-bond acceptors (Lipinski definition) is 4. The molecule has 0 atom stereocenters. The number of halogens is 1. The summed E-state index contributed by atoms with van der Waals surface area (Å²) in [6, 6.07) is 19.0. The van der Waals surface area contributed by atoms with E-state index in [1.54, 1.807) is 48.5 Å². The standard InChI is InChI=1S/C26H21ClN2O4/c1-16-11-17(2)13-21(12-16)29-25(31)23(24(30)28-26(29)32)14-18-5-9-22(10-6-18)33-15-19-3-7-20(27)8-4-19/h3-14H,15H2,1-2H3,(H,28,30,32)/b23-14+. The highest BCUT2D eigenvalue weighted by molar-refractivity contribution is 6.39. The van der Waals surface area contributed by atoms with Crippen molar-refractivity contribution >= 4 is 41.2 Å². The van der Waals surface area contributed by atoms with Crippen molar-refractivity contribution in [2.24, 2.45) is 0 Å². The predicted molar refractivity (Wildman–Crippen MR) is 127 cm³/mol. The smallest absolute Gasteiger partial charge is 0.335 e. The first kappa shape index (κ1) is 22.3. The molecular formula is C26H21ClN2O4. The molecule has 0 saturated carbocycles. The molecule has 1 fully saturated rings. The van der Waals surface area contributed by atoms with Gasteiger partial charge in [-0.2, -0.15) is 0 Å². The number of urea groups is 1. The third kappa shape index (κ3) is 5.13. The highest BCUT2D eigenvalue weighted by Crippen LogP contribution is 2.25. The van der Waals surface area contributed by atoms with Crippen LogP contribution in [0.1, 0.15) is 22.3 Å². The number of carbonyl (C=O) groups is 3. The van der Waals surface area contributed by atoms with Gasteiger partial charge in [-0.3, -0.25) is 14.9 Å². The highest BCUT2D eigenvalue weighted by atomic mass is 35.5. The molecule has 33 heavy (non-hydrogen) atoms. The van der Waals surface area contributed by atoms with Gasteiger partial charge in [0.25, 0.3) is 11.8 Å². The molecule has 4 amide bonds. The second-order valence-electron chi connectivity index (χ2n) is 7.79. The van der Waals surface area contributed by atoms with Crippen molar-refractivity contribution in [3.63, 3.8) is 0 Å². The summed E-state index contributed by atoms with van der Waals surface area (Å²) in [6.07, 6.45) is 1.46. The number of ether oxygens (including phenoxy) is 1. The van der Waals surface area contributed by atoms with Crippen molar-refractivity contribution in [1.29, 1.82) is 0 Å². The van der Waals surface area contributed by atoms with Crippen LogP contribution in [0.2, 0.25) is 5.02 Å². The van der Waals surface area contributed by atoms with E-state index in [9.17, 15) is 14.4 Å². The van der Waals surface area contributed by atoms with Crippen LogP contribution in [0.4, 0.5) is 10.5 Å². The second-order valence-corrected chi connectivity index (χ2v) is 8.22. The van der Waals surface area contributed by atoms with Crippen LogP contribution in [0.3, 0.4) is 0 Å². The fraction of sp³-hybridized carbons (Fsp3) is 0.115. The lowest BCUT2D eigenvalue weighted by atomic mass is 10.1. The number of rotatable bonds is 5. The number of hydrogen-bond donors (Lipinski definition) is 1. The molecule has 1 N–H and O–H groups in total. The molecule has 7 heteroatoms. The third-order valence-corrected chi connectivity index (χ3v) is 5.33. The number of imide groups is 2. The number of carbonyl (C=O) groups excluding carboxylic acids is 3. The number of nitrogens with one attached hydrogen (secondary N) is 1. The minimum atomic E-state index is -0.766. The van der Waals surface area contributed by atoms with E-state index >= 15 is 0 Å². The van der Waals surface area contributed by atoms with Crippen molar-refractivity contribution in [2.45, 2.75) is 20.5 Å². The number of nitrogens with zero attached hydrogens (tertiary/aromatic N) is 1. The van der Waals surface area contributed by atoms with Crippen molar-refractivity contribution in [3.05, 3.63) is 99.6 Å². The Morgan fingerprint density at radius 1 is 0.909 bits per heavy atom. The fourth-order valence-electron chi connectivity index (χ4n) is 3.55. The average Bonchev–Trinajstić information content (AvgIpc) is 2.76. The van der Waals surface area contributed by atoms with E-state index in [4.69, 9.17) is 16.3 Å². The van der Waals surface area contributed by atoms with Crippen LogP contribution in [0.25, 0.3) is 6.08 Å². The zero-order chi connectivity index (χ0) is 23.5. The van der Waals surface area contributed by atoms with Gasteiger partial charge < -0.3 is 4.74 Å². The molecule has 1 heterocycles. The van der Waals surface area contributed by atoms with E-state index in [0.29, 0.717) is 28.6 Å². The van der Waals surface area contributed by atoms with Gasteiger partial charge in [0.1, 0.15) is 17.9 Å². The van der Waals surface area contributed by atoms with Crippen LogP contribution in [0.5, 0.6) is 5.75 Å². The molecular weight excluding hydrogens is 440 g/mol. The van der Waals surface area contributed by atoms with Gasteiger partial charge in [-0.1, -0.05) is 41.9 Å². The summed E-state index contributed by atoms with van der Waals surface area (Å²) in [7, 11) is 0. The lowest BCUT2D eigenvalue weighted by Crippen LogP contribution is -2.54. The predicted octanol–water partition coefficient (Wildman–Crippen LogP) is 5.20. The Balaban J connectivity index is 1.53. The molecule has 0 aliphatic carbocycles. The number of benzene rings is 3. The van der Waals surface area contributed by atoms with E-state index in [-0.39, 0.29) is 5.57 Å². The fourth-order valence-corrected chi connectivity index (χ4v) is 3.67. The lowest BCUT2D eigenvalue weighted by Gasteiger charge is -2.27. The van der Waals surface area contributed by atoms with Crippen LogP contribution in [-0.4, -0.2) is 17.8 Å². The molecule has 3 aromatic rings. The van der Waals surface area contributed by atoms with Gasteiger partial charge in [-0.25, -0.2) is 9.69 Å². The zero-order valence-corrected chi connectivity index (χ0v) is 18.8. The molecule has 6 nitrogen and oxygen atoms in total. The normalized spacial score (nSPS) is 15.1. The largest absolute Gasteiger partial charge is 0.489 e. The first-order valence-electron chi connectivity index (χ1n) is 10.3. The Bertz CT molecular complexity index is 1240. The van der Waals surface area contributed by atoms with Crippen LogP contribution in [0.15, 0.2) is 72.3 Å². The number of anilines is 1. The maximum absolute atomic E-state index is 13.1. The van der Waals surface area contributed by atoms with E-state index in [1.165, 1.54) is 6.08 Å². The Morgan fingerprint density at radius 3 is 2.18 bits per heavy atom. The molecule has 166 valence electrons. The van der Waals surface area contributed by atoms with Gasteiger partial charge in [0.05, 0.1) is 5.69 Å². The van der Waals surface area contributed by atoms with Gasteiger partial charge >= 0.3 is 6.03 Å². The van der Waals surface area contributed by atoms with E-state index < -0.39 is 17.8 Å². The molecule has 0 radical (unpaired) electrons. The monoisotopic (exact) mass is 460 g/mol. The first-order valence-corrected chi connectivity index (χ1v) is 10.6. The first-order chi connectivity index (χ1) is 15.8. The molecule has 3 aromatic carbocycles. The van der Waals surface area contributed by atoms with Crippen LogP contribution in [0, 0.1) is 13.8 Å². The Kier molecular flexibility index (Phi) is 6.29. The quantitative estimate of drug-likeness (QED) is 0.419. The van der Waals surface area contributed by atoms with Gasteiger partial charge in [0.15, 0.2) is 0 Å². The summed E-state index contributed by atoms with van der Waals surface area (Å²) >= 11 is 5.89. The minimum Gasteiger partial charge on any atom is -0.489 e. The van der Waals surface area contributed by atoms with Crippen molar-refractivity contribution in [3.8, 4) is 5.75 Å². The Morgan fingerprint density at radius 2 is 1.55 bits per heavy atom. The zero-order valence-electron chi connectivity index (χ0n) is 18.1. The number of barbiturate groups is 1. The summed E-state index contributed by atoms with van der Waals surface area (Å²) in [5, 5.41) is 2.91. The Hall–Kier alpha value is -3.90. The summed E-state index contributed by atoms with van der Waals surface area (Å²) in [5.41, 5.74) is 3.71.